The molecule has 2 N–H and O–H groups in total. The summed E-state index contributed by atoms with van der Waals surface area (Å²) in [5, 5.41) is 11.7. The van der Waals surface area contributed by atoms with Crippen LogP contribution in [0.15, 0.2) is 30.3 Å². The Balaban J connectivity index is 2.36. The molecule has 0 bridgehead atoms. The SMILES string of the molecule is C[C@@H](O)CCNC(=O)c1ccccc1. The monoisotopic (exact) mass is 193 g/mol. The van der Waals surface area contributed by atoms with E-state index in [4.69, 9.17) is 5.11 Å². The van der Waals surface area contributed by atoms with Gasteiger partial charge in [-0.3, -0.25) is 4.79 Å². The molecule has 14 heavy (non-hydrogen) atoms. The molecule has 1 aromatic carbocycles. The third kappa shape index (κ3) is 3.58. The van der Waals surface area contributed by atoms with Gasteiger partial charge in [-0.2, -0.15) is 0 Å². The fourth-order valence-electron chi connectivity index (χ4n) is 1.09. The van der Waals surface area contributed by atoms with Gasteiger partial charge in [0.2, 0.25) is 0 Å². The molecule has 0 aliphatic heterocycles. The second kappa shape index (κ2) is 5.40. The average Bonchev–Trinajstić information content (AvgIpc) is 2.18. The molecule has 1 aromatic rings. The van der Waals surface area contributed by atoms with E-state index in [0.29, 0.717) is 18.5 Å². The Hall–Kier alpha value is -1.35. The van der Waals surface area contributed by atoms with Gasteiger partial charge < -0.3 is 10.4 Å². The quantitative estimate of drug-likeness (QED) is 0.754. The molecule has 0 saturated heterocycles. The maximum atomic E-state index is 11.4. The number of aliphatic hydroxyl groups is 1. The van der Waals surface area contributed by atoms with Gasteiger partial charge in [0.05, 0.1) is 6.10 Å². The Morgan fingerprint density at radius 1 is 1.43 bits per heavy atom. The lowest BCUT2D eigenvalue weighted by atomic mass is 10.2. The lowest BCUT2D eigenvalue weighted by Crippen LogP contribution is -2.26. The van der Waals surface area contributed by atoms with Gasteiger partial charge in [0.25, 0.3) is 5.91 Å². The Kier molecular flexibility index (Phi) is 4.13. The van der Waals surface area contributed by atoms with Gasteiger partial charge in [-0.05, 0) is 25.5 Å². The first-order valence-electron chi connectivity index (χ1n) is 4.71. The van der Waals surface area contributed by atoms with Crippen LogP contribution in [0.5, 0.6) is 0 Å². The first-order valence-corrected chi connectivity index (χ1v) is 4.71. The molecule has 0 fully saturated rings. The Morgan fingerprint density at radius 3 is 2.64 bits per heavy atom. The van der Waals surface area contributed by atoms with Gasteiger partial charge in [0.1, 0.15) is 0 Å². The van der Waals surface area contributed by atoms with Crippen LogP contribution in [-0.2, 0) is 0 Å². The number of aliphatic hydroxyl groups excluding tert-OH is 1. The number of nitrogens with one attached hydrogen (secondary N) is 1. The molecule has 0 aromatic heterocycles. The van der Waals surface area contributed by atoms with Crippen molar-refractivity contribution in [3.8, 4) is 0 Å². The molecule has 3 heteroatoms. The van der Waals surface area contributed by atoms with Gasteiger partial charge in [-0.1, -0.05) is 18.2 Å². The summed E-state index contributed by atoms with van der Waals surface area (Å²) in [6.45, 7) is 2.21. The molecule has 0 heterocycles. The zero-order valence-electron chi connectivity index (χ0n) is 8.23. The van der Waals surface area contributed by atoms with Crippen LogP contribution in [0.4, 0.5) is 0 Å². The Morgan fingerprint density at radius 2 is 2.07 bits per heavy atom. The molecule has 1 atom stereocenters. The smallest absolute Gasteiger partial charge is 0.251 e. The van der Waals surface area contributed by atoms with E-state index in [0.717, 1.165) is 0 Å². The fourth-order valence-corrected chi connectivity index (χ4v) is 1.09. The Labute approximate surface area is 83.8 Å². The van der Waals surface area contributed by atoms with Crippen LogP contribution in [0.25, 0.3) is 0 Å². The number of hydrogen-bond acceptors (Lipinski definition) is 2. The summed E-state index contributed by atoms with van der Waals surface area (Å²) in [7, 11) is 0. The van der Waals surface area contributed by atoms with Crippen molar-refractivity contribution < 1.29 is 9.90 Å². The maximum absolute atomic E-state index is 11.4. The normalized spacial score (nSPS) is 12.1. The summed E-state index contributed by atoms with van der Waals surface area (Å²) in [5.74, 6) is -0.0914. The topological polar surface area (TPSA) is 49.3 Å². The van der Waals surface area contributed by atoms with E-state index in [1.807, 2.05) is 18.2 Å². The first-order chi connectivity index (χ1) is 6.70. The standard InChI is InChI=1S/C11H15NO2/c1-9(13)7-8-12-11(14)10-5-3-2-4-6-10/h2-6,9,13H,7-8H2,1H3,(H,12,14)/t9-/m1/s1. The van der Waals surface area contributed by atoms with Crippen molar-refractivity contribution in [2.75, 3.05) is 6.54 Å². The van der Waals surface area contributed by atoms with E-state index >= 15 is 0 Å². The van der Waals surface area contributed by atoms with Crippen molar-refractivity contribution in [3.63, 3.8) is 0 Å². The summed E-state index contributed by atoms with van der Waals surface area (Å²) in [4.78, 5) is 11.4. The van der Waals surface area contributed by atoms with Crippen LogP contribution in [0.1, 0.15) is 23.7 Å². The predicted octanol–water partition coefficient (Wildman–Crippen LogP) is 1.19. The average molecular weight is 193 g/mol. The van der Waals surface area contributed by atoms with E-state index in [1.165, 1.54) is 0 Å². The zero-order valence-corrected chi connectivity index (χ0v) is 8.23. The lowest BCUT2D eigenvalue weighted by molar-refractivity contribution is 0.0945. The first kappa shape index (κ1) is 10.7. The molecule has 0 radical (unpaired) electrons. The minimum absolute atomic E-state index is 0.0914. The van der Waals surface area contributed by atoms with Crippen LogP contribution >= 0.6 is 0 Å². The third-order valence-corrected chi connectivity index (χ3v) is 1.88. The van der Waals surface area contributed by atoms with Crippen LogP contribution in [0, 0.1) is 0 Å². The maximum Gasteiger partial charge on any atom is 0.251 e. The van der Waals surface area contributed by atoms with Gasteiger partial charge in [0.15, 0.2) is 0 Å². The summed E-state index contributed by atoms with van der Waals surface area (Å²) in [5.41, 5.74) is 0.651. The molecule has 0 aliphatic carbocycles. The van der Waals surface area contributed by atoms with Crippen LogP contribution in [0.2, 0.25) is 0 Å². The van der Waals surface area contributed by atoms with Gasteiger partial charge >= 0.3 is 0 Å². The largest absolute Gasteiger partial charge is 0.393 e. The summed E-state index contributed by atoms with van der Waals surface area (Å²) in [6, 6.07) is 9.04. The van der Waals surface area contributed by atoms with E-state index in [2.05, 4.69) is 5.32 Å². The zero-order chi connectivity index (χ0) is 10.4. The van der Waals surface area contributed by atoms with E-state index < -0.39 is 0 Å². The number of amides is 1. The number of hydrogen-bond donors (Lipinski definition) is 2. The van der Waals surface area contributed by atoms with Crippen LogP contribution < -0.4 is 5.32 Å². The van der Waals surface area contributed by atoms with Gasteiger partial charge in [0, 0.05) is 12.1 Å². The third-order valence-electron chi connectivity index (χ3n) is 1.88. The molecule has 1 amide bonds. The minimum Gasteiger partial charge on any atom is -0.393 e. The molecule has 0 unspecified atom stereocenters. The molecular weight excluding hydrogens is 178 g/mol. The molecule has 0 spiro atoms. The lowest BCUT2D eigenvalue weighted by Gasteiger charge is -2.06. The fraction of sp³-hybridized carbons (Fsp3) is 0.364. The number of carbonyl (C=O) groups is 1. The van der Waals surface area contributed by atoms with E-state index in [-0.39, 0.29) is 12.0 Å². The molecule has 3 nitrogen and oxygen atoms in total. The van der Waals surface area contributed by atoms with Crippen molar-refractivity contribution in [2.45, 2.75) is 19.4 Å². The molecular formula is C11H15NO2. The van der Waals surface area contributed by atoms with E-state index in [9.17, 15) is 4.79 Å². The highest BCUT2D eigenvalue weighted by atomic mass is 16.3. The van der Waals surface area contributed by atoms with E-state index in [1.54, 1.807) is 19.1 Å². The number of carbonyl (C=O) groups excluding carboxylic acids is 1. The second-order valence-electron chi connectivity index (χ2n) is 3.26. The van der Waals surface area contributed by atoms with Gasteiger partial charge in [-0.25, -0.2) is 0 Å². The number of rotatable bonds is 4. The highest BCUT2D eigenvalue weighted by molar-refractivity contribution is 5.94. The van der Waals surface area contributed by atoms with Gasteiger partial charge in [-0.15, -0.1) is 0 Å². The molecule has 0 saturated carbocycles. The summed E-state index contributed by atoms with van der Waals surface area (Å²) >= 11 is 0. The second-order valence-corrected chi connectivity index (χ2v) is 3.26. The highest BCUT2D eigenvalue weighted by Crippen LogP contribution is 1.97. The summed E-state index contributed by atoms with van der Waals surface area (Å²) < 4.78 is 0. The molecule has 1 rings (SSSR count). The summed E-state index contributed by atoms with van der Waals surface area (Å²) in [6.07, 6.45) is 0.213. The number of benzene rings is 1. The highest BCUT2D eigenvalue weighted by Gasteiger charge is 2.03. The van der Waals surface area contributed by atoms with Crippen molar-refractivity contribution in [2.24, 2.45) is 0 Å². The van der Waals surface area contributed by atoms with Crippen molar-refractivity contribution in [1.29, 1.82) is 0 Å². The predicted molar refractivity (Wildman–Crippen MR) is 55.1 cm³/mol. The van der Waals surface area contributed by atoms with Crippen molar-refractivity contribution in [1.82, 2.24) is 5.32 Å². The van der Waals surface area contributed by atoms with Crippen molar-refractivity contribution in [3.05, 3.63) is 35.9 Å². The Bertz CT molecular complexity index is 283. The molecule has 76 valence electrons. The van der Waals surface area contributed by atoms with Crippen LogP contribution in [-0.4, -0.2) is 23.7 Å². The minimum atomic E-state index is -0.369. The molecule has 0 aliphatic rings. The van der Waals surface area contributed by atoms with Crippen LogP contribution in [0.3, 0.4) is 0 Å². The van der Waals surface area contributed by atoms with Crippen molar-refractivity contribution >= 4 is 5.91 Å².